The molecule has 19 heavy (non-hydrogen) atoms. The standard InChI is InChI=1S/C15H23FN2O/c1-3-7-17-10-13-5-4-6-14(16)15(13)18-8-9-19-12(2)11-18/h4-6,12,17H,3,7-11H2,1-2H3. The van der Waals surface area contributed by atoms with Crippen molar-refractivity contribution in [3.8, 4) is 0 Å². The molecule has 0 bridgehead atoms. The summed E-state index contributed by atoms with van der Waals surface area (Å²) in [6, 6.07) is 5.33. The number of hydrogen-bond acceptors (Lipinski definition) is 3. The quantitative estimate of drug-likeness (QED) is 0.829. The van der Waals surface area contributed by atoms with Gasteiger partial charge in [-0.05, 0) is 31.5 Å². The molecular formula is C15H23FN2O. The Morgan fingerprint density at radius 2 is 2.32 bits per heavy atom. The van der Waals surface area contributed by atoms with Crippen LogP contribution in [0.2, 0.25) is 0 Å². The summed E-state index contributed by atoms with van der Waals surface area (Å²) in [5.74, 6) is -0.134. The van der Waals surface area contributed by atoms with Crippen LogP contribution in [0.3, 0.4) is 0 Å². The van der Waals surface area contributed by atoms with Gasteiger partial charge >= 0.3 is 0 Å². The van der Waals surface area contributed by atoms with Crippen molar-refractivity contribution in [2.75, 3.05) is 31.1 Å². The maximum absolute atomic E-state index is 14.2. The largest absolute Gasteiger partial charge is 0.375 e. The van der Waals surface area contributed by atoms with Crippen molar-refractivity contribution in [2.45, 2.75) is 32.9 Å². The minimum atomic E-state index is -0.134. The lowest BCUT2D eigenvalue weighted by Gasteiger charge is -2.34. The van der Waals surface area contributed by atoms with Crippen molar-refractivity contribution in [2.24, 2.45) is 0 Å². The first-order chi connectivity index (χ1) is 9.22. The van der Waals surface area contributed by atoms with Crippen LogP contribution in [0.25, 0.3) is 0 Å². The highest BCUT2D eigenvalue weighted by molar-refractivity contribution is 5.55. The number of benzene rings is 1. The van der Waals surface area contributed by atoms with E-state index in [2.05, 4.69) is 17.1 Å². The first-order valence-corrected chi connectivity index (χ1v) is 7.07. The van der Waals surface area contributed by atoms with Gasteiger partial charge < -0.3 is 15.0 Å². The lowest BCUT2D eigenvalue weighted by Crippen LogP contribution is -2.42. The molecule has 1 atom stereocenters. The van der Waals surface area contributed by atoms with E-state index in [0.717, 1.165) is 37.3 Å². The zero-order valence-electron chi connectivity index (χ0n) is 11.8. The fourth-order valence-electron chi connectivity index (χ4n) is 2.48. The second-order valence-corrected chi connectivity index (χ2v) is 5.05. The van der Waals surface area contributed by atoms with Crippen molar-refractivity contribution >= 4 is 5.69 Å². The molecule has 1 fully saturated rings. The molecule has 1 aliphatic heterocycles. The number of hydrogen-bond donors (Lipinski definition) is 1. The summed E-state index contributed by atoms with van der Waals surface area (Å²) >= 11 is 0. The van der Waals surface area contributed by atoms with Gasteiger partial charge in [-0.25, -0.2) is 4.39 Å². The third kappa shape index (κ3) is 3.67. The van der Waals surface area contributed by atoms with E-state index in [4.69, 9.17) is 4.74 Å². The van der Waals surface area contributed by atoms with Crippen molar-refractivity contribution < 1.29 is 9.13 Å². The number of anilines is 1. The zero-order valence-corrected chi connectivity index (χ0v) is 11.8. The molecule has 1 saturated heterocycles. The number of morpholine rings is 1. The van der Waals surface area contributed by atoms with Gasteiger partial charge in [0.25, 0.3) is 0 Å². The smallest absolute Gasteiger partial charge is 0.146 e. The first-order valence-electron chi connectivity index (χ1n) is 7.07. The van der Waals surface area contributed by atoms with Crippen LogP contribution in [-0.2, 0) is 11.3 Å². The molecule has 1 aromatic rings. The Morgan fingerprint density at radius 1 is 1.47 bits per heavy atom. The second kappa shape index (κ2) is 6.87. The topological polar surface area (TPSA) is 24.5 Å². The monoisotopic (exact) mass is 266 g/mol. The van der Waals surface area contributed by atoms with Gasteiger partial charge in [0.2, 0.25) is 0 Å². The zero-order chi connectivity index (χ0) is 13.7. The number of nitrogens with one attached hydrogen (secondary N) is 1. The van der Waals surface area contributed by atoms with Crippen molar-refractivity contribution in [3.63, 3.8) is 0 Å². The Hall–Kier alpha value is -1.13. The van der Waals surface area contributed by atoms with E-state index >= 15 is 0 Å². The normalized spacial score (nSPS) is 19.7. The molecule has 3 nitrogen and oxygen atoms in total. The van der Waals surface area contributed by atoms with Crippen LogP contribution in [0.5, 0.6) is 0 Å². The van der Waals surface area contributed by atoms with Crippen LogP contribution < -0.4 is 10.2 Å². The summed E-state index contributed by atoms with van der Waals surface area (Å²) in [4.78, 5) is 2.10. The highest BCUT2D eigenvalue weighted by Crippen LogP contribution is 2.26. The molecule has 2 rings (SSSR count). The van der Waals surface area contributed by atoms with Gasteiger partial charge in [-0.2, -0.15) is 0 Å². The summed E-state index contributed by atoms with van der Waals surface area (Å²) in [6.45, 7) is 8.00. The third-order valence-corrected chi connectivity index (χ3v) is 3.37. The average molecular weight is 266 g/mol. The van der Waals surface area contributed by atoms with E-state index in [1.807, 2.05) is 13.0 Å². The molecule has 1 unspecified atom stereocenters. The van der Waals surface area contributed by atoms with E-state index in [9.17, 15) is 4.39 Å². The Balaban J connectivity index is 2.16. The SMILES string of the molecule is CCCNCc1cccc(F)c1N1CCOC(C)C1. The van der Waals surface area contributed by atoms with E-state index in [1.165, 1.54) is 0 Å². The van der Waals surface area contributed by atoms with Gasteiger partial charge in [-0.15, -0.1) is 0 Å². The van der Waals surface area contributed by atoms with E-state index in [1.54, 1.807) is 12.1 Å². The van der Waals surface area contributed by atoms with Crippen LogP contribution >= 0.6 is 0 Å². The Labute approximate surface area is 114 Å². The van der Waals surface area contributed by atoms with E-state index in [0.29, 0.717) is 13.2 Å². The number of halogens is 1. The first kappa shape index (κ1) is 14.3. The van der Waals surface area contributed by atoms with Crippen LogP contribution in [0.1, 0.15) is 25.8 Å². The van der Waals surface area contributed by atoms with Gasteiger partial charge in [-0.1, -0.05) is 19.1 Å². The van der Waals surface area contributed by atoms with Gasteiger partial charge in [0.05, 0.1) is 18.4 Å². The average Bonchev–Trinajstić information content (AvgIpc) is 2.39. The molecule has 0 amide bonds. The van der Waals surface area contributed by atoms with E-state index < -0.39 is 0 Å². The van der Waals surface area contributed by atoms with Gasteiger partial charge in [0.15, 0.2) is 0 Å². The molecule has 0 spiro atoms. The fraction of sp³-hybridized carbons (Fsp3) is 0.600. The molecule has 1 heterocycles. The highest BCUT2D eigenvalue weighted by Gasteiger charge is 2.21. The summed E-state index contributed by atoms with van der Waals surface area (Å²) in [5.41, 5.74) is 1.77. The highest BCUT2D eigenvalue weighted by atomic mass is 19.1. The predicted molar refractivity (Wildman–Crippen MR) is 76.0 cm³/mol. The lowest BCUT2D eigenvalue weighted by molar-refractivity contribution is 0.0529. The molecular weight excluding hydrogens is 243 g/mol. The third-order valence-electron chi connectivity index (χ3n) is 3.37. The minimum Gasteiger partial charge on any atom is -0.375 e. The molecule has 1 aromatic carbocycles. The molecule has 0 aromatic heterocycles. The lowest BCUT2D eigenvalue weighted by atomic mass is 10.1. The maximum atomic E-state index is 14.2. The van der Waals surface area contributed by atoms with Crippen molar-refractivity contribution in [1.29, 1.82) is 0 Å². The van der Waals surface area contributed by atoms with Crippen LogP contribution in [0.4, 0.5) is 10.1 Å². The minimum absolute atomic E-state index is 0.134. The van der Waals surface area contributed by atoms with Gasteiger partial charge in [-0.3, -0.25) is 0 Å². The Morgan fingerprint density at radius 3 is 3.05 bits per heavy atom. The van der Waals surface area contributed by atoms with Crippen LogP contribution in [0, 0.1) is 5.82 Å². The molecule has 0 saturated carbocycles. The van der Waals surface area contributed by atoms with E-state index in [-0.39, 0.29) is 11.9 Å². The molecule has 0 radical (unpaired) electrons. The predicted octanol–water partition coefficient (Wildman–Crippen LogP) is 2.55. The summed E-state index contributed by atoms with van der Waals surface area (Å²) < 4.78 is 19.7. The van der Waals surface area contributed by atoms with Crippen molar-refractivity contribution in [1.82, 2.24) is 5.32 Å². The molecule has 0 aliphatic carbocycles. The number of para-hydroxylation sites is 1. The Kier molecular flexibility index (Phi) is 5.16. The summed E-state index contributed by atoms with van der Waals surface area (Å²) in [7, 11) is 0. The number of ether oxygens (including phenoxy) is 1. The molecule has 1 N–H and O–H groups in total. The second-order valence-electron chi connectivity index (χ2n) is 5.05. The van der Waals surface area contributed by atoms with Gasteiger partial charge in [0, 0.05) is 19.6 Å². The number of rotatable bonds is 5. The fourth-order valence-corrected chi connectivity index (χ4v) is 2.48. The Bertz CT molecular complexity index is 411. The van der Waals surface area contributed by atoms with Crippen LogP contribution in [-0.4, -0.2) is 32.3 Å². The van der Waals surface area contributed by atoms with Crippen molar-refractivity contribution in [3.05, 3.63) is 29.6 Å². The maximum Gasteiger partial charge on any atom is 0.146 e. The van der Waals surface area contributed by atoms with Crippen LogP contribution in [0.15, 0.2) is 18.2 Å². The molecule has 1 aliphatic rings. The summed E-state index contributed by atoms with van der Waals surface area (Å²) in [5, 5.41) is 3.34. The summed E-state index contributed by atoms with van der Waals surface area (Å²) in [6.07, 6.45) is 1.24. The van der Waals surface area contributed by atoms with Gasteiger partial charge in [0.1, 0.15) is 5.82 Å². The molecule has 4 heteroatoms. The number of nitrogens with zero attached hydrogens (tertiary/aromatic N) is 1. The molecule has 106 valence electrons.